The van der Waals surface area contributed by atoms with E-state index in [1.807, 2.05) is 32.0 Å². The van der Waals surface area contributed by atoms with Crippen molar-refractivity contribution in [1.29, 1.82) is 0 Å². The Morgan fingerprint density at radius 2 is 1.53 bits per heavy atom. The van der Waals surface area contributed by atoms with E-state index in [0.29, 0.717) is 5.19 Å². The van der Waals surface area contributed by atoms with Crippen LogP contribution >= 0.6 is 0 Å². The molecule has 0 bridgehead atoms. The summed E-state index contributed by atoms with van der Waals surface area (Å²) >= 11 is 0. The first-order valence-electron chi connectivity index (χ1n) is 6.08. The topological polar surface area (TPSA) is 64.6 Å². The fraction of sp³-hybridized carbons (Fsp3) is 0.385. The van der Waals surface area contributed by atoms with Gasteiger partial charge in [0.2, 0.25) is 0 Å². The smallest absolute Gasteiger partial charge is 0.470 e. The molecule has 0 atom stereocenters. The minimum atomic E-state index is -3.31. The highest BCUT2D eigenvalue weighted by atomic mass is 28.4. The second-order valence-corrected chi connectivity index (χ2v) is 6.98. The lowest BCUT2D eigenvalue weighted by atomic mass is 10.4. The van der Waals surface area contributed by atoms with E-state index < -0.39 is 20.7 Å². The highest BCUT2D eigenvalue weighted by Crippen LogP contribution is 2.08. The molecular weight excluding hydrogens is 262 g/mol. The molecule has 0 fully saturated rings. The summed E-state index contributed by atoms with van der Waals surface area (Å²) in [6.07, 6.45) is 0. The van der Waals surface area contributed by atoms with Crippen LogP contribution in [-0.4, -0.2) is 26.7 Å². The number of carbonyl (C=O) groups is 2. The SMILES string of the molecule is CC(=O)O[Si](NC(C)C)(OC(C)=O)c1ccccc1. The molecule has 0 aromatic heterocycles. The summed E-state index contributed by atoms with van der Waals surface area (Å²) in [5.74, 6) is -0.963. The van der Waals surface area contributed by atoms with E-state index in [1.54, 1.807) is 12.1 Å². The lowest BCUT2D eigenvalue weighted by Gasteiger charge is -2.30. The zero-order valence-corrected chi connectivity index (χ0v) is 12.6. The Morgan fingerprint density at radius 3 is 1.89 bits per heavy atom. The summed E-state index contributed by atoms with van der Waals surface area (Å²) in [6.45, 7) is 6.40. The molecule has 5 nitrogen and oxygen atoms in total. The molecule has 104 valence electrons. The summed E-state index contributed by atoms with van der Waals surface area (Å²) in [5.41, 5.74) is 0. The Bertz CT molecular complexity index is 431. The van der Waals surface area contributed by atoms with E-state index in [9.17, 15) is 9.59 Å². The van der Waals surface area contributed by atoms with Crippen LogP contribution < -0.4 is 10.2 Å². The van der Waals surface area contributed by atoms with Crippen LogP contribution in [0.25, 0.3) is 0 Å². The molecule has 0 aliphatic rings. The molecule has 6 heteroatoms. The van der Waals surface area contributed by atoms with Crippen molar-refractivity contribution in [2.45, 2.75) is 33.7 Å². The van der Waals surface area contributed by atoms with Crippen molar-refractivity contribution < 1.29 is 18.4 Å². The van der Waals surface area contributed by atoms with Crippen LogP contribution in [0, 0.1) is 0 Å². The highest BCUT2D eigenvalue weighted by molar-refractivity contribution is 6.81. The van der Waals surface area contributed by atoms with Crippen LogP contribution in [-0.2, 0) is 18.4 Å². The van der Waals surface area contributed by atoms with E-state index in [4.69, 9.17) is 8.85 Å². The lowest BCUT2D eigenvalue weighted by Crippen LogP contribution is -2.68. The normalized spacial score (nSPS) is 11.2. The summed E-state index contributed by atoms with van der Waals surface area (Å²) in [7, 11) is -3.31. The first kappa shape index (κ1) is 15.4. The van der Waals surface area contributed by atoms with E-state index in [1.165, 1.54) is 13.8 Å². The predicted molar refractivity (Wildman–Crippen MR) is 73.6 cm³/mol. The van der Waals surface area contributed by atoms with Crippen LogP contribution in [0.2, 0.25) is 0 Å². The number of carbonyl (C=O) groups excluding carboxylic acids is 2. The van der Waals surface area contributed by atoms with Gasteiger partial charge in [-0.3, -0.25) is 14.6 Å². The molecule has 19 heavy (non-hydrogen) atoms. The molecule has 0 spiro atoms. The molecule has 0 aliphatic carbocycles. The van der Waals surface area contributed by atoms with Gasteiger partial charge in [0.1, 0.15) is 0 Å². The van der Waals surface area contributed by atoms with Crippen LogP contribution in [0.4, 0.5) is 0 Å². The van der Waals surface area contributed by atoms with Gasteiger partial charge in [0.05, 0.1) is 0 Å². The molecule has 0 unspecified atom stereocenters. The van der Waals surface area contributed by atoms with Gasteiger partial charge in [0.25, 0.3) is 11.9 Å². The minimum absolute atomic E-state index is 0.00516. The van der Waals surface area contributed by atoms with Crippen molar-refractivity contribution in [3.8, 4) is 0 Å². The average Bonchev–Trinajstić information content (AvgIpc) is 2.27. The van der Waals surface area contributed by atoms with E-state index in [2.05, 4.69) is 4.98 Å². The Morgan fingerprint density at radius 1 is 1.05 bits per heavy atom. The summed E-state index contributed by atoms with van der Waals surface area (Å²) in [4.78, 5) is 25.9. The van der Waals surface area contributed by atoms with Crippen molar-refractivity contribution in [3.63, 3.8) is 0 Å². The molecule has 1 aromatic rings. The maximum Gasteiger partial charge on any atom is 0.592 e. The van der Waals surface area contributed by atoms with Crippen molar-refractivity contribution >= 4 is 25.8 Å². The average molecular weight is 281 g/mol. The van der Waals surface area contributed by atoms with Crippen molar-refractivity contribution in [2.24, 2.45) is 0 Å². The van der Waals surface area contributed by atoms with Crippen molar-refractivity contribution in [1.82, 2.24) is 4.98 Å². The van der Waals surface area contributed by atoms with Gasteiger partial charge in [0.15, 0.2) is 0 Å². The maximum absolute atomic E-state index is 11.4. The van der Waals surface area contributed by atoms with Gasteiger partial charge in [-0.15, -0.1) is 0 Å². The van der Waals surface area contributed by atoms with Gasteiger partial charge in [0, 0.05) is 25.1 Å². The zero-order valence-electron chi connectivity index (χ0n) is 11.6. The summed E-state index contributed by atoms with van der Waals surface area (Å²) in [6, 6.07) is 9.05. The zero-order chi connectivity index (χ0) is 14.5. The third kappa shape index (κ3) is 4.49. The maximum atomic E-state index is 11.4. The molecule has 0 saturated carbocycles. The van der Waals surface area contributed by atoms with Crippen LogP contribution in [0.1, 0.15) is 27.7 Å². The van der Waals surface area contributed by atoms with Gasteiger partial charge in [-0.25, -0.2) is 0 Å². The lowest BCUT2D eigenvalue weighted by molar-refractivity contribution is -0.138. The third-order valence-corrected chi connectivity index (χ3v) is 5.41. The molecular formula is C13H19NO4Si. The predicted octanol–water partition coefficient (Wildman–Crippen LogP) is 0.957. The number of rotatable bonds is 5. The fourth-order valence-corrected chi connectivity index (χ4v) is 4.49. The van der Waals surface area contributed by atoms with Crippen LogP contribution in [0.3, 0.4) is 0 Å². The number of hydrogen-bond acceptors (Lipinski definition) is 5. The third-order valence-electron chi connectivity index (χ3n) is 2.21. The molecule has 0 radical (unpaired) electrons. The standard InChI is InChI=1S/C13H19NO4Si/c1-10(2)14-19(17-11(3)15,18-12(4)16)13-8-6-5-7-9-13/h5-10,14H,1-4H3. The molecule has 1 rings (SSSR count). The Balaban J connectivity index is 3.24. The quantitative estimate of drug-likeness (QED) is 0.814. The Kier molecular flexibility index (Phi) is 5.26. The second kappa shape index (κ2) is 6.49. The minimum Gasteiger partial charge on any atom is -0.470 e. The molecule has 0 aliphatic heterocycles. The number of hydrogen-bond donors (Lipinski definition) is 1. The molecule has 1 N–H and O–H groups in total. The van der Waals surface area contributed by atoms with E-state index in [-0.39, 0.29) is 6.04 Å². The second-order valence-electron chi connectivity index (χ2n) is 4.47. The van der Waals surface area contributed by atoms with Gasteiger partial charge in [-0.2, -0.15) is 0 Å². The largest absolute Gasteiger partial charge is 0.592 e. The van der Waals surface area contributed by atoms with Gasteiger partial charge < -0.3 is 8.85 Å². The first-order valence-corrected chi connectivity index (χ1v) is 7.90. The van der Waals surface area contributed by atoms with Crippen LogP contribution in [0.5, 0.6) is 0 Å². The fourth-order valence-electron chi connectivity index (χ4n) is 1.72. The summed E-state index contributed by atoms with van der Waals surface area (Å²) < 4.78 is 10.8. The monoisotopic (exact) mass is 281 g/mol. The van der Waals surface area contributed by atoms with Gasteiger partial charge in [-0.05, 0) is 0 Å². The molecule has 0 saturated heterocycles. The van der Waals surface area contributed by atoms with E-state index in [0.717, 1.165) is 0 Å². The molecule has 0 heterocycles. The Labute approximate surface area is 114 Å². The van der Waals surface area contributed by atoms with E-state index >= 15 is 0 Å². The first-order chi connectivity index (χ1) is 8.85. The molecule has 0 amide bonds. The Hall–Kier alpha value is -1.66. The van der Waals surface area contributed by atoms with Gasteiger partial charge >= 0.3 is 8.72 Å². The highest BCUT2D eigenvalue weighted by Gasteiger charge is 2.48. The summed E-state index contributed by atoms with van der Waals surface area (Å²) in [5, 5.41) is 0.689. The number of benzene rings is 1. The van der Waals surface area contributed by atoms with Crippen molar-refractivity contribution in [3.05, 3.63) is 30.3 Å². The van der Waals surface area contributed by atoms with Gasteiger partial charge in [-0.1, -0.05) is 44.2 Å². The number of nitrogens with one attached hydrogen (secondary N) is 1. The van der Waals surface area contributed by atoms with Crippen molar-refractivity contribution in [2.75, 3.05) is 0 Å². The molecule has 1 aromatic carbocycles. The van der Waals surface area contributed by atoms with Crippen LogP contribution in [0.15, 0.2) is 30.3 Å².